The maximum Gasteiger partial charge on any atom is 0.367 e. The van der Waals surface area contributed by atoms with Crippen LogP contribution in [0.1, 0.15) is 72.6 Å². The van der Waals surface area contributed by atoms with E-state index in [1.165, 1.54) is 5.57 Å². The maximum absolute atomic E-state index is 15.0. The third-order valence-corrected chi connectivity index (χ3v) is 8.81. The maximum atomic E-state index is 15.0. The molecule has 0 amide bonds. The Morgan fingerprint density at radius 1 is 1.18 bits per heavy atom. The zero-order valence-electron chi connectivity index (χ0n) is 17.6. The molecule has 3 nitrogen and oxygen atoms in total. The number of halogens is 1. The molecule has 3 fully saturated rings. The molecule has 154 valence electrons. The molecular weight excluding hydrogens is 355 g/mol. The van der Waals surface area contributed by atoms with Crippen LogP contribution in [0.4, 0.5) is 4.39 Å². The first kappa shape index (κ1) is 19.8. The molecule has 0 unspecified atom stereocenters. The van der Waals surface area contributed by atoms with E-state index < -0.39 is 11.8 Å². The third kappa shape index (κ3) is 2.74. The largest absolute Gasteiger partial charge is 0.461 e. The van der Waals surface area contributed by atoms with Gasteiger partial charge in [-0.2, -0.15) is 4.39 Å². The van der Waals surface area contributed by atoms with Gasteiger partial charge in [0, 0.05) is 6.42 Å². The van der Waals surface area contributed by atoms with E-state index in [0.29, 0.717) is 42.1 Å². The minimum atomic E-state index is -0.791. The normalized spacial score (nSPS) is 44.2. The molecule has 0 saturated heterocycles. The van der Waals surface area contributed by atoms with Crippen molar-refractivity contribution in [1.29, 1.82) is 0 Å². The van der Waals surface area contributed by atoms with Crippen LogP contribution in [0.2, 0.25) is 0 Å². The monoisotopic (exact) mass is 388 g/mol. The standard InChI is InChI=1S/C24H33FO3/c1-5-28-22(27)21(25)19-7-6-17-20-14(2)12-15-13-16(26)8-10-23(15,3)18(20)9-11-24(17,19)4/h13-14,17-18,20H,5-12H2,1-4H3/t14-,17-,18-,20-,23-,24-/m0/s1. The number of carbonyl (C=O) groups excluding carboxylic acids is 2. The summed E-state index contributed by atoms with van der Waals surface area (Å²) in [4.78, 5) is 24.1. The molecule has 4 aliphatic carbocycles. The Morgan fingerprint density at radius 3 is 2.61 bits per heavy atom. The Bertz CT molecular complexity index is 766. The molecule has 0 aromatic carbocycles. The summed E-state index contributed by atoms with van der Waals surface area (Å²) in [6.07, 6.45) is 8.11. The molecule has 4 aliphatic rings. The molecule has 0 aromatic rings. The second-order valence-corrected chi connectivity index (χ2v) is 10.0. The van der Waals surface area contributed by atoms with E-state index in [1.54, 1.807) is 6.92 Å². The predicted octanol–water partition coefficient (Wildman–Crippen LogP) is 5.55. The fourth-order valence-electron chi connectivity index (χ4n) is 7.40. The molecule has 0 aromatic heterocycles. The molecular formula is C24H33FO3. The van der Waals surface area contributed by atoms with Crippen molar-refractivity contribution < 1.29 is 18.7 Å². The van der Waals surface area contributed by atoms with Crippen molar-refractivity contribution in [3.05, 3.63) is 23.0 Å². The molecule has 0 heterocycles. The Kier molecular flexibility index (Phi) is 4.83. The summed E-state index contributed by atoms with van der Waals surface area (Å²) in [5.74, 6) is 0.837. The summed E-state index contributed by atoms with van der Waals surface area (Å²) >= 11 is 0. The van der Waals surface area contributed by atoms with Gasteiger partial charge < -0.3 is 4.74 Å². The first-order valence-electron chi connectivity index (χ1n) is 11.0. The number of ether oxygens (including phenoxy) is 1. The molecule has 0 radical (unpaired) electrons. The summed E-state index contributed by atoms with van der Waals surface area (Å²) in [7, 11) is 0. The minimum absolute atomic E-state index is 0.110. The lowest BCUT2D eigenvalue weighted by Crippen LogP contribution is -2.52. The molecule has 6 atom stereocenters. The molecule has 0 N–H and O–H groups in total. The zero-order chi connectivity index (χ0) is 20.3. The average Bonchev–Trinajstić information content (AvgIpc) is 3.00. The number of hydrogen-bond donors (Lipinski definition) is 0. The summed E-state index contributed by atoms with van der Waals surface area (Å²) in [6.45, 7) is 8.77. The van der Waals surface area contributed by atoms with Gasteiger partial charge in [-0.1, -0.05) is 26.3 Å². The van der Waals surface area contributed by atoms with E-state index in [4.69, 9.17) is 4.74 Å². The smallest absolute Gasteiger partial charge is 0.367 e. The van der Waals surface area contributed by atoms with Crippen molar-refractivity contribution in [1.82, 2.24) is 0 Å². The lowest BCUT2D eigenvalue weighted by molar-refractivity contribution is -0.140. The van der Waals surface area contributed by atoms with E-state index in [0.717, 1.165) is 32.1 Å². The van der Waals surface area contributed by atoms with Crippen LogP contribution in [0.5, 0.6) is 0 Å². The van der Waals surface area contributed by atoms with Crippen LogP contribution >= 0.6 is 0 Å². The molecule has 0 bridgehead atoms. The van der Waals surface area contributed by atoms with Gasteiger partial charge >= 0.3 is 5.97 Å². The summed E-state index contributed by atoms with van der Waals surface area (Å²) in [5, 5.41) is 0. The average molecular weight is 389 g/mol. The van der Waals surface area contributed by atoms with Crippen molar-refractivity contribution in [2.75, 3.05) is 6.61 Å². The quantitative estimate of drug-likeness (QED) is 0.460. The topological polar surface area (TPSA) is 43.4 Å². The van der Waals surface area contributed by atoms with Crippen molar-refractivity contribution in [2.45, 2.75) is 72.6 Å². The van der Waals surface area contributed by atoms with Gasteiger partial charge in [0.05, 0.1) is 6.61 Å². The van der Waals surface area contributed by atoms with Crippen molar-refractivity contribution in [3.8, 4) is 0 Å². The van der Waals surface area contributed by atoms with Crippen LogP contribution in [-0.2, 0) is 14.3 Å². The van der Waals surface area contributed by atoms with E-state index in [9.17, 15) is 14.0 Å². The second-order valence-electron chi connectivity index (χ2n) is 10.0. The van der Waals surface area contributed by atoms with Gasteiger partial charge in [0.15, 0.2) is 5.78 Å². The van der Waals surface area contributed by atoms with Gasteiger partial charge in [-0.05, 0) is 91.6 Å². The highest BCUT2D eigenvalue weighted by Gasteiger charge is 2.60. The molecule has 28 heavy (non-hydrogen) atoms. The lowest BCUT2D eigenvalue weighted by Gasteiger charge is -2.59. The number of fused-ring (bicyclic) bond motifs is 5. The van der Waals surface area contributed by atoms with Gasteiger partial charge in [0.25, 0.3) is 0 Å². The number of ketones is 1. The van der Waals surface area contributed by atoms with E-state index in [2.05, 4.69) is 20.8 Å². The Morgan fingerprint density at radius 2 is 1.89 bits per heavy atom. The van der Waals surface area contributed by atoms with Gasteiger partial charge in [0.2, 0.25) is 5.83 Å². The van der Waals surface area contributed by atoms with Crippen LogP contribution < -0.4 is 0 Å². The van der Waals surface area contributed by atoms with Crippen LogP contribution in [-0.4, -0.2) is 18.4 Å². The Labute approximate surface area is 167 Å². The van der Waals surface area contributed by atoms with Gasteiger partial charge in [-0.3, -0.25) is 4.79 Å². The van der Waals surface area contributed by atoms with Crippen molar-refractivity contribution >= 4 is 11.8 Å². The van der Waals surface area contributed by atoms with Crippen LogP contribution in [0, 0.1) is 34.5 Å². The number of esters is 1. The Hall–Kier alpha value is -1.45. The van der Waals surface area contributed by atoms with E-state index in [1.807, 2.05) is 6.08 Å². The fourth-order valence-corrected chi connectivity index (χ4v) is 7.40. The van der Waals surface area contributed by atoms with E-state index >= 15 is 0 Å². The fraction of sp³-hybridized carbons (Fsp3) is 0.750. The second kappa shape index (κ2) is 6.81. The van der Waals surface area contributed by atoms with Crippen LogP contribution in [0.25, 0.3) is 0 Å². The van der Waals surface area contributed by atoms with Gasteiger partial charge in [-0.25, -0.2) is 4.79 Å². The highest BCUT2D eigenvalue weighted by Crippen LogP contribution is 2.68. The summed E-state index contributed by atoms with van der Waals surface area (Å²) in [6, 6.07) is 0. The van der Waals surface area contributed by atoms with Gasteiger partial charge in [0.1, 0.15) is 0 Å². The van der Waals surface area contributed by atoms with Crippen LogP contribution in [0.3, 0.4) is 0 Å². The summed E-state index contributed by atoms with van der Waals surface area (Å²) in [5.41, 5.74) is 1.92. The molecule has 0 aliphatic heterocycles. The number of rotatable bonds is 2. The third-order valence-electron chi connectivity index (χ3n) is 8.81. The SMILES string of the molecule is CCOC(=O)C(F)=C1CC[C@H]2[C@@H]3[C@@H](C)CC4=CC(=O)CC[C@]4(C)[C@H]3CC[C@]12C. The summed E-state index contributed by atoms with van der Waals surface area (Å²) < 4.78 is 19.9. The molecule has 3 saturated carbocycles. The highest BCUT2D eigenvalue weighted by molar-refractivity contribution is 5.91. The van der Waals surface area contributed by atoms with E-state index in [-0.39, 0.29) is 23.2 Å². The number of hydrogen-bond acceptors (Lipinski definition) is 3. The first-order chi connectivity index (χ1) is 13.2. The zero-order valence-corrected chi connectivity index (χ0v) is 17.6. The van der Waals surface area contributed by atoms with Crippen molar-refractivity contribution in [2.24, 2.45) is 34.5 Å². The predicted molar refractivity (Wildman–Crippen MR) is 106 cm³/mol. The first-order valence-corrected chi connectivity index (χ1v) is 11.0. The van der Waals surface area contributed by atoms with Gasteiger partial charge in [-0.15, -0.1) is 0 Å². The number of carbonyl (C=O) groups is 2. The van der Waals surface area contributed by atoms with Crippen LogP contribution in [0.15, 0.2) is 23.0 Å². The highest BCUT2D eigenvalue weighted by atomic mass is 19.1. The Balaban J connectivity index is 1.69. The molecule has 4 heteroatoms. The van der Waals surface area contributed by atoms with Crippen molar-refractivity contribution in [3.63, 3.8) is 0 Å². The number of allylic oxidation sites excluding steroid dienone is 2. The molecule has 0 spiro atoms. The molecule has 4 rings (SSSR count). The minimum Gasteiger partial charge on any atom is -0.461 e. The lowest BCUT2D eigenvalue weighted by atomic mass is 9.45.